The SMILES string of the molecule is Cc1ncc(S(=O)(=O)C(N)c2ccccc2)n1C. The van der Waals surface area contributed by atoms with Crippen LogP contribution in [-0.4, -0.2) is 18.0 Å². The van der Waals surface area contributed by atoms with Crippen LogP contribution in [0.15, 0.2) is 41.6 Å². The number of hydrogen-bond donors (Lipinski definition) is 1. The minimum absolute atomic E-state index is 0.136. The Morgan fingerprint density at radius 2 is 1.89 bits per heavy atom. The third-order valence-corrected chi connectivity index (χ3v) is 4.83. The van der Waals surface area contributed by atoms with Crippen molar-refractivity contribution in [2.24, 2.45) is 12.8 Å². The molecule has 2 aromatic rings. The lowest BCUT2D eigenvalue weighted by molar-refractivity contribution is 0.572. The van der Waals surface area contributed by atoms with Crippen LogP contribution in [0.4, 0.5) is 0 Å². The van der Waals surface area contributed by atoms with E-state index in [-0.39, 0.29) is 5.03 Å². The van der Waals surface area contributed by atoms with Crippen molar-refractivity contribution in [1.29, 1.82) is 0 Å². The number of nitrogens with two attached hydrogens (primary N) is 1. The number of hydrogen-bond acceptors (Lipinski definition) is 4. The number of aromatic nitrogens is 2. The van der Waals surface area contributed by atoms with Crippen molar-refractivity contribution < 1.29 is 8.42 Å². The van der Waals surface area contributed by atoms with Crippen LogP contribution in [0.25, 0.3) is 0 Å². The molecule has 0 aliphatic heterocycles. The maximum absolute atomic E-state index is 12.4. The van der Waals surface area contributed by atoms with Gasteiger partial charge in [-0.1, -0.05) is 30.3 Å². The van der Waals surface area contributed by atoms with Crippen LogP contribution < -0.4 is 5.73 Å². The highest BCUT2D eigenvalue weighted by Crippen LogP contribution is 2.24. The zero-order chi connectivity index (χ0) is 13.3. The number of sulfone groups is 1. The number of imidazole rings is 1. The maximum atomic E-state index is 12.4. The van der Waals surface area contributed by atoms with E-state index in [0.717, 1.165) is 0 Å². The van der Waals surface area contributed by atoms with E-state index in [9.17, 15) is 8.42 Å². The van der Waals surface area contributed by atoms with E-state index in [4.69, 9.17) is 5.73 Å². The van der Waals surface area contributed by atoms with E-state index >= 15 is 0 Å². The topological polar surface area (TPSA) is 78.0 Å². The van der Waals surface area contributed by atoms with Crippen LogP contribution in [0.1, 0.15) is 16.8 Å². The quantitative estimate of drug-likeness (QED) is 0.903. The summed E-state index contributed by atoms with van der Waals surface area (Å²) in [6.07, 6.45) is 1.34. The van der Waals surface area contributed by atoms with Gasteiger partial charge in [-0.05, 0) is 12.5 Å². The first kappa shape index (κ1) is 12.8. The van der Waals surface area contributed by atoms with Gasteiger partial charge >= 0.3 is 0 Å². The van der Waals surface area contributed by atoms with Gasteiger partial charge in [0.25, 0.3) is 0 Å². The smallest absolute Gasteiger partial charge is 0.215 e. The molecule has 1 aromatic carbocycles. The molecule has 0 fully saturated rings. The average Bonchev–Trinajstić information content (AvgIpc) is 2.70. The van der Waals surface area contributed by atoms with Crippen molar-refractivity contribution in [1.82, 2.24) is 9.55 Å². The summed E-state index contributed by atoms with van der Waals surface area (Å²) in [5, 5.41) is -0.940. The molecule has 5 nitrogen and oxygen atoms in total. The molecule has 0 bridgehead atoms. The molecule has 0 saturated carbocycles. The highest BCUT2D eigenvalue weighted by molar-refractivity contribution is 7.91. The molecule has 1 heterocycles. The predicted octanol–water partition coefficient (Wildman–Crippen LogP) is 1.16. The Hall–Kier alpha value is -1.66. The van der Waals surface area contributed by atoms with Crippen LogP contribution in [0.5, 0.6) is 0 Å². The molecule has 0 saturated heterocycles. The molecule has 0 radical (unpaired) electrons. The molecule has 1 atom stereocenters. The first-order chi connectivity index (χ1) is 8.44. The minimum atomic E-state index is -3.62. The monoisotopic (exact) mass is 265 g/mol. The molecule has 96 valence electrons. The van der Waals surface area contributed by atoms with Crippen molar-refractivity contribution in [2.75, 3.05) is 0 Å². The third kappa shape index (κ3) is 2.04. The summed E-state index contributed by atoms with van der Waals surface area (Å²) in [5.74, 6) is 0.633. The molecule has 1 aromatic heterocycles. The number of nitrogens with zero attached hydrogens (tertiary/aromatic N) is 2. The lowest BCUT2D eigenvalue weighted by Crippen LogP contribution is -2.23. The molecular weight excluding hydrogens is 250 g/mol. The van der Waals surface area contributed by atoms with Crippen molar-refractivity contribution in [3.05, 3.63) is 47.9 Å². The Balaban J connectivity index is 2.47. The van der Waals surface area contributed by atoms with E-state index in [0.29, 0.717) is 11.4 Å². The minimum Gasteiger partial charge on any atom is -0.322 e. The molecule has 2 rings (SSSR count). The highest BCUT2D eigenvalue weighted by Gasteiger charge is 2.28. The van der Waals surface area contributed by atoms with Crippen LogP contribution in [0.3, 0.4) is 0 Å². The third-order valence-electron chi connectivity index (χ3n) is 2.93. The Bertz CT molecular complexity index is 647. The van der Waals surface area contributed by atoms with Crippen molar-refractivity contribution >= 4 is 9.84 Å². The second-order valence-corrected chi connectivity index (χ2v) is 6.10. The summed E-state index contributed by atoms with van der Waals surface area (Å²) in [6, 6.07) is 8.74. The Morgan fingerprint density at radius 1 is 1.28 bits per heavy atom. The lowest BCUT2D eigenvalue weighted by Gasteiger charge is -2.13. The Kier molecular flexibility index (Phi) is 3.23. The zero-order valence-corrected chi connectivity index (χ0v) is 11.1. The summed E-state index contributed by atoms with van der Waals surface area (Å²) in [6.45, 7) is 1.74. The van der Waals surface area contributed by atoms with Gasteiger partial charge in [0, 0.05) is 7.05 Å². The van der Waals surface area contributed by atoms with E-state index in [2.05, 4.69) is 4.98 Å². The van der Waals surface area contributed by atoms with E-state index in [1.165, 1.54) is 10.8 Å². The van der Waals surface area contributed by atoms with Gasteiger partial charge in [0.05, 0.1) is 6.20 Å². The second-order valence-electron chi connectivity index (χ2n) is 4.08. The molecule has 0 aliphatic carbocycles. The highest BCUT2D eigenvalue weighted by atomic mass is 32.2. The fourth-order valence-corrected chi connectivity index (χ4v) is 3.19. The lowest BCUT2D eigenvalue weighted by atomic mass is 10.2. The standard InChI is InChI=1S/C12H15N3O2S/c1-9-14-8-11(15(9)2)18(16,17)12(13)10-6-4-3-5-7-10/h3-8,12H,13H2,1-2H3. The van der Waals surface area contributed by atoms with Gasteiger partial charge in [-0.25, -0.2) is 13.4 Å². The van der Waals surface area contributed by atoms with Gasteiger partial charge in [-0.3, -0.25) is 0 Å². The van der Waals surface area contributed by atoms with Crippen LogP contribution in [0.2, 0.25) is 0 Å². The maximum Gasteiger partial charge on any atom is 0.215 e. The summed E-state index contributed by atoms with van der Waals surface area (Å²) in [5.41, 5.74) is 6.42. The predicted molar refractivity (Wildman–Crippen MR) is 68.5 cm³/mol. The second kappa shape index (κ2) is 4.55. The average molecular weight is 265 g/mol. The first-order valence-corrected chi connectivity index (χ1v) is 7.02. The van der Waals surface area contributed by atoms with Crippen LogP contribution in [0, 0.1) is 6.92 Å². The molecule has 6 heteroatoms. The first-order valence-electron chi connectivity index (χ1n) is 5.47. The van der Waals surface area contributed by atoms with E-state index < -0.39 is 15.2 Å². The molecule has 0 spiro atoms. The molecular formula is C12H15N3O2S. The zero-order valence-electron chi connectivity index (χ0n) is 10.2. The summed E-state index contributed by atoms with van der Waals surface area (Å²) in [7, 11) is -1.96. The van der Waals surface area contributed by atoms with Crippen molar-refractivity contribution in [3.8, 4) is 0 Å². The van der Waals surface area contributed by atoms with Gasteiger partial charge in [0.1, 0.15) is 11.2 Å². The van der Waals surface area contributed by atoms with Crippen molar-refractivity contribution in [3.63, 3.8) is 0 Å². The fourth-order valence-electron chi connectivity index (χ4n) is 1.70. The largest absolute Gasteiger partial charge is 0.322 e. The summed E-state index contributed by atoms with van der Waals surface area (Å²) in [4.78, 5) is 3.99. The summed E-state index contributed by atoms with van der Waals surface area (Å²) < 4.78 is 26.3. The normalized spacial score (nSPS) is 13.5. The molecule has 0 amide bonds. The van der Waals surface area contributed by atoms with Crippen molar-refractivity contribution in [2.45, 2.75) is 17.3 Å². The van der Waals surface area contributed by atoms with Crippen LogP contribution in [-0.2, 0) is 16.9 Å². The molecule has 1 unspecified atom stereocenters. The number of benzene rings is 1. The van der Waals surface area contributed by atoms with Gasteiger partial charge in [0.2, 0.25) is 9.84 Å². The van der Waals surface area contributed by atoms with Gasteiger partial charge < -0.3 is 10.3 Å². The number of aryl methyl sites for hydroxylation is 1. The van der Waals surface area contributed by atoms with E-state index in [1.54, 1.807) is 38.2 Å². The molecule has 2 N–H and O–H groups in total. The molecule has 18 heavy (non-hydrogen) atoms. The van der Waals surface area contributed by atoms with Gasteiger partial charge in [-0.15, -0.1) is 0 Å². The number of rotatable bonds is 3. The fraction of sp³-hybridized carbons (Fsp3) is 0.250. The van der Waals surface area contributed by atoms with E-state index in [1.807, 2.05) is 6.07 Å². The van der Waals surface area contributed by atoms with Gasteiger partial charge in [0.15, 0.2) is 5.03 Å². The molecule has 0 aliphatic rings. The summed E-state index contributed by atoms with van der Waals surface area (Å²) >= 11 is 0. The van der Waals surface area contributed by atoms with Crippen LogP contribution >= 0.6 is 0 Å². The Morgan fingerprint density at radius 3 is 2.39 bits per heavy atom. The Labute approximate surface area is 106 Å². The van der Waals surface area contributed by atoms with Gasteiger partial charge in [-0.2, -0.15) is 0 Å².